The summed E-state index contributed by atoms with van der Waals surface area (Å²) in [5.74, 6) is 0.186. The summed E-state index contributed by atoms with van der Waals surface area (Å²) in [5, 5.41) is 16.8. The molecule has 0 amide bonds. The number of rotatable bonds is 7. The smallest absolute Gasteiger partial charge is 0.217 e. The Morgan fingerprint density at radius 1 is 0.925 bits per heavy atom. The minimum atomic E-state index is -1.21. The summed E-state index contributed by atoms with van der Waals surface area (Å²) in [6, 6.07) is 33.4. The summed E-state index contributed by atoms with van der Waals surface area (Å²) >= 11 is 3.64. The molecule has 1 N–H and O–H groups in total. The predicted molar refractivity (Wildman–Crippen MR) is 167 cm³/mol. The number of aliphatic hydroxyl groups is 1. The van der Waals surface area contributed by atoms with Crippen LogP contribution in [-0.4, -0.2) is 41.7 Å². The second-order valence-electron chi connectivity index (χ2n) is 10.8. The van der Waals surface area contributed by atoms with E-state index in [2.05, 4.69) is 107 Å². The quantitative estimate of drug-likeness (QED) is 0.208. The van der Waals surface area contributed by atoms with Crippen LogP contribution in [0.2, 0.25) is 0 Å². The summed E-state index contributed by atoms with van der Waals surface area (Å²) in [6.07, 6.45) is 1.82. The molecule has 1 aliphatic heterocycles. The number of nitrogens with zero attached hydrogens (tertiary/aromatic N) is 2. The average Bonchev–Trinajstić information content (AvgIpc) is 3.01. The van der Waals surface area contributed by atoms with Gasteiger partial charge in [-0.05, 0) is 84.6 Å². The molecule has 4 nitrogen and oxygen atoms in total. The molecule has 204 valence electrons. The largest absolute Gasteiger partial charge is 0.481 e. The first-order valence-corrected chi connectivity index (χ1v) is 14.9. The molecule has 2 heterocycles. The molecular formula is C35H35BrN2O2. The van der Waals surface area contributed by atoms with Gasteiger partial charge in [-0.1, -0.05) is 95.7 Å². The van der Waals surface area contributed by atoms with Gasteiger partial charge in [0.1, 0.15) is 5.60 Å². The van der Waals surface area contributed by atoms with Crippen molar-refractivity contribution in [3.8, 4) is 5.88 Å². The summed E-state index contributed by atoms with van der Waals surface area (Å²) in [6.45, 7) is 5.18. The lowest BCUT2D eigenvalue weighted by Crippen LogP contribution is -2.47. The summed E-state index contributed by atoms with van der Waals surface area (Å²) in [4.78, 5) is 7.44. The lowest BCUT2D eigenvalue weighted by molar-refractivity contribution is -0.0608. The standard InChI is InChI=1S/C35H35BrN2O2/c1-3-38-20-18-27(19-21-38)35(39,31-15-9-13-24-10-7-8-14-29(24)31)33(25-11-5-4-6-12-25)30-23-26-22-28(36)16-17-32(26)37-34(30)40-2/h4-17,22-23,27,33,39H,3,18-21H2,1-2H3. The molecule has 1 aliphatic rings. The number of pyridine rings is 1. The third-order valence-electron chi connectivity index (χ3n) is 8.73. The second-order valence-corrected chi connectivity index (χ2v) is 11.7. The van der Waals surface area contributed by atoms with Gasteiger partial charge >= 0.3 is 0 Å². The van der Waals surface area contributed by atoms with Gasteiger partial charge < -0.3 is 14.7 Å². The lowest BCUT2D eigenvalue weighted by atomic mass is 9.64. The van der Waals surface area contributed by atoms with E-state index in [1.165, 1.54) is 0 Å². The highest BCUT2D eigenvalue weighted by atomic mass is 79.9. The zero-order valence-corrected chi connectivity index (χ0v) is 24.6. The van der Waals surface area contributed by atoms with Crippen molar-refractivity contribution >= 4 is 37.6 Å². The first-order valence-electron chi connectivity index (χ1n) is 14.1. The van der Waals surface area contributed by atoms with E-state index in [9.17, 15) is 5.11 Å². The Balaban J connectivity index is 1.66. The molecule has 5 aromatic rings. The number of halogens is 1. The summed E-state index contributed by atoms with van der Waals surface area (Å²) in [7, 11) is 1.68. The molecule has 4 aromatic carbocycles. The van der Waals surface area contributed by atoms with Crippen molar-refractivity contribution in [1.82, 2.24) is 9.88 Å². The number of likely N-dealkylation sites (tertiary alicyclic amines) is 1. The Hall–Kier alpha value is -3.25. The number of fused-ring (bicyclic) bond motifs is 2. The van der Waals surface area contributed by atoms with E-state index in [1.807, 2.05) is 18.2 Å². The fourth-order valence-corrected chi connectivity index (χ4v) is 7.09. The van der Waals surface area contributed by atoms with Crippen molar-refractivity contribution in [3.63, 3.8) is 0 Å². The minimum absolute atomic E-state index is 0.0363. The molecule has 1 fully saturated rings. The van der Waals surface area contributed by atoms with Gasteiger partial charge in [-0.25, -0.2) is 4.98 Å². The molecule has 5 heteroatoms. The van der Waals surface area contributed by atoms with Crippen LogP contribution in [0.1, 0.15) is 42.4 Å². The number of hydrogen-bond donors (Lipinski definition) is 1. The predicted octanol–water partition coefficient (Wildman–Crippen LogP) is 7.91. The SMILES string of the molecule is CCN1CCC(C(O)(c2cccc3ccccc23)C(c2ccccc2)c2cc3cc(Br)ccc3nc2OC)CC1. The molecule has 2 unspecified atom stereocenters. The van der Waals surface area contributed by atoms with Crippen LogP contribution in [0.25, 0.3) is 21.7 Å². The van der Waals surface area contributed by atoms with Gasteiger partial charge in [0.25, 0.3) is 0 Å². The van der Waals surface area contributed by atoms with E-state index in [1.54, 1.807) is 7.11 Å². The number of piperidine rings is 1. The van der Waals surface area contributed by atoms with E-state index < -0.39 is 11.5 Å². The number of ether oxygens (including phenoxy) is 1. The zero-order valence-electron chi connectivity index (χ0n) is 23.1. The lowest BCUT2D eigenvalue weighted by Gasteiger charge is -2.47. The number of aromatic nitrogens is 1. The van der Waals surface area contributed by atoms with E-state index in [-0.39, 0.29) is 5.92 Å². The first kappa shape index (κ1) is 26.9. The molecule has 0 aliphatic carbocycles. The van der Waals surface area contributed by atoms with Crippen LogP contribution in [0.5, 0.6) is 5.88 Å². The fraction of sp³-hybridized carbons (Fsp3) is 0.286. The topological polar surface area (TPSA) is 45.6 Å². The summed E-state index contributed by atoms with van der Waals surface area (Å²) < 4.78 is 6.98. The Labute approximate surface area is 244 Å². The van der Waals surface area contributed by atoms with Gasteiger partial charge in [0.2, 0.25) is 5.88 Å². The van der Waals surface area contributed by atoms with Crippen LogP contribution >= 0.6 is 15.9 Å². The molecule has 0 saturated carbocycles. The fourth-order valence-electron chi connectivity index (χ4n) is 6.71. The highest BCUT2D eigenvalue weighted by Gasteiger charge is 2.49. The molecule has 1 saturated heterocycles. The van der Waals surface area contributed by atoms with E-state index in [0.29, 0.717) is 5.88 Å². The third-order valence-corrected chi connectivity index (χ3v) is 9.22. The van der Waals surface area contributed by atoms with Crippen molar-refractivity contribution < 1.29 is 9.84 Å². The van der Waals surface area contributed by atoms with Crippen LogP contribution in [-0.2, 0) is 5.60 Å². The van der Waals surface area contributed by atoms with Gasteiger partial charge in [0.15, 0.2) is 0 Å². The Kier molecular flexibility index (Phi) is 7.63. The first-order chi connectivity index (χ1) is 19.5. The maximum absolute atomic E-state index is 13.6. The molecule has 40 heavy (non-hydrogen) atoms. The second kappa shape index (κ2) is 11.3. The Morgan fingerprint density at radius 3 is 2.40 bits per heavy atom. The highest BCUT2D eigenvalue weighted by Crippen LogP contribution is 2.53. The molecule has 6 rings (SSSR count). The van der Waals surface area contributed by atoms with Crippen molar-refractivity contribution in [2.75, 3.05) is 26.7 Å². The molecule has 1 aromatic heterocycles. The maximum Gasteiger partial charge on any atom is 0.217 e. The van der Waals surface area contributed by atoms with Gasteiger partial charge in [-0.15, -0.1) is 0 Å². The van der Waals surface area contributed by atoms with Gasteiger partial charge in [0, 0.05) is 21.3 Å². The van der Waals surface area contributed by atoms with Crippen LogP contribution in [0.4, 0.5) is 0 Å². The maximum atomic E-state index is 13.6. The van der Waals surface area contributed by atoms with Crippen LogP contribution < -0.4 is 4.74 Å². The molecule has 0 bridgehead atoms. The van der Waals surface area contributed by atoms with Crippen molar-refractivity contribution in [2.24, 2.45) is 5.92 Å². The van der Waals surface area contributed by atoms with Crippen LogP contribution in [0.3, 0.4) is 0 Å². The number of hydrogen-bond acceptors (Lipinski definition) is 4. The van der Waals surface area contributed by atoms with Gasteiger partial charge in [0.05, 0.1) is 12.6 Å². The van der Waals surface area contributed by atoms with Gasteiger partial charge in [-0.2, -0.15) is 0 Å². The monoisotopic (exact) mass is 594 g/mol. The Bertz CT molecular complexity index is 1630. The zero-order chi connectivity index (χ0) is 27.7. The number of benzene rings is 4. The van der Waals surface area contributed by atoms with Crippen molar-refractivity contribution in [1.29, 1.82) is 0 Å². The summed E-state index contributed by atoms with van der Waals surface area (Å²) in [5.41, 5.74) is 2.56. The van der Waals surface area contributed by atoms with Crippen LogP contribution in [0, 0.1) is 5.92 Å². The average molecular weight is 596 g/mol. The number of methoxy groups -OCH3 is 1. The van der Waals surface area contributed by atoms with Crippen molar-refractivity contribution in [2.45, 2.75) is 31.3 Å². The Morgan fingerprint density at radius 2 is 1.65 bits per heavy atom. The third kappa shape index (κ3) is 4.81. The van der Waals surface area contributed by atoms with Gasteiger partial charge in [-0.3, -0.25) is 0 Å². The van der Waals surface area contributed by atoms with E-state index >= 15 is 0 Å². The molecule has 0 radical (unpaired) electrons. The van der Waals surface area contributed by atoms with Crippen LogP contribution in [0.15, 0.2) is 102 Å². The molecular weight excluding hydrogens is 560 g/mol. The molecule has 0 spiro atoms. The molecule has 2 atom stereocenters. The van der Waals surface area contributed by atoms with E-state index in [0.717, 1.165) is 75.3 Å². The van der Waals surface area contributed by atoms with Crippen molar-refractivity contribution in [3.05, 3.63) is 118 Å². The van der Waals surface area contributed by atoms with E-state index in [4.69, 9.17) is 9.72 Å². The highest BCUT2D eigenvalue weighted by molar-refractivity contribution is 9.10. The minimum Gasteiger partial charge on any atom is -0.481 e. The normalized spacial score (nSPS) is 17.1.